The topological polar surface area (TPSA) is 43.1 Å². The van der Waals surface area contributed by atoms with Crippen molar-refractivity contribution in [3.8, 4) is 0 Å². The second-order valence-electron chi connectivity index (χ2n) is 4.06. The summed E-state index contributed by atoms with van der Waals surface area (Å²) in [5.74, 6) is 0. The zero-order valence-corrected chi connectivity index (χ0v) is 9.34. The monoisotopic (exact) mass is 255 g/mol. The van der Waals surface area contributed by atoms with E-state index in [1.54, 1.807) is 0 Å². The molecule has 0 aliphatic carbocycles. The largest absolute Gasteiger partial charge is 0.277 e. The average molecular weight is 255 g/mol. The molecule has 4 aromatic rings. The Hall–Kier alpha value is -2.68. The van der Waals surface area contributed by atoms with Gasteiger partial charge in [-0.3, -0.25) is 10.1 Å². The number of nitro groups is 1. The first kappa shape index (κ1) is 5.13. The second-order valence-corrected chi connectivity index (χ2v) is 4.06. The molecular weight excluding hydrogens is 238 g/mol. The normalized spacial score (nSPS) is 17.5. The number of benzene rings is 4. The minimum absolute atomic E-state index is 0.00620. The average Bonchev–Trinajstić information content (AvgIpc) is 2.59. The van der Waals surface area contributed by atoms with Crippen LogP contribution in [0.4, 0.5) is 5.69 Å². The predicted octanol–water partition coefficient (Wildman–Crippen LogP) is 4.49. The summed E-state index contributed by atoms with van der Waals surface area (Å²) in [6.07, 6.45) is 0. The summed E-state index contributed by atoms with van der Waals surface area (Å²) >= 11 is 0. The number of nitro benzene ring substituents is 1. The van der Waals surface area contributed by atoms with Gasteiger partial charge in [0.1, 0.15) is 0 Å². The van der Waals surface area contributed by atoms with Gasteiger partial charge in [0.05, 0.1) is 21.3 Å². The summed E-state index contributed by atoms with van der Waals surface area (Å²) < 4.78 is 64.9. The van der Waals surface area contributed by atoms with Crippen LogP contribution in [0.1, 0.15) is 11.0 Å². The summed E-state index contributed by atoms with van der Waals surface area (Å²) in [5.41, 5.74) is -0.700. The van der Waals surface area contributed by atoms with E-state index in [0.29, 0.717) is 0 Å². The molecule has 0 unspecified atom stereocenters. The van der Waals surface area contributed by atoms with Crippen LogP contribution in [0.25, 0.3) is 32.3 Å². The van der Waals surface area contributed by atoms with E-state index in [1.165, 1.54) is 0 Å². The summed E-state index contributed by atoms with van der Waals surface area (Å²) in [4.78, 5) is 10.7. The Kier molecular flexibility index (Phi) is 0.923. The molecule has 0 bridgehead atoms. The Morgan fingerprint density at radius 3 is 2.26 bits per heavy atom. The smallest absolute Gasteiger partial charge is 0.258 e. The molecule has 0 N–H and O–H groups in total. The molecule has 0 atom stereocenters. The van der Waals surface area contributed by atoms with Crippen molar-refractivity contribution >= 4 is 38.0 Å². The van der Waals surface area contributed by atoms with Crippen LogP contribution in [0.3, 0.4) is 0 Å². The first-order chi connectivity index (χ1) is 12.6. The van der Waals surface area contributed by atoms with E-state index >= 15 is 0 Å². The van der Waals surface area contributed by atoms with E-state index < -0.39 is 52.9 Å². The molecule has 90 valence electrons. The van der Waals surface area contributed by atoms with Crippen LogP contribution in [0.15, 0.2) is 54.4 Å². The third-order valence-corrected chi connectivity index (χ3v) is 3.06. The molecule has 0 aliphatic heterocycles. The van der Waals surface area contributed by atoms with Crippen LogP contribution in [0.2, 0.25) is 0 Å². The van der Waals surface area contributed by atoms with Crippen molar-refractivity contribution in [3.05, 3.63) is 64.5 Å². The first-order valence-electron chi connectivity index (χ1n) is 9.42. The molecule has 0 saturated heterocycles. The highest BCUT2D eigenvalue weighted by Crippen LogP contribution is 2.38. The minimum Gasteiger partial charge on any atom is -0.258 e. The van der Waals surface area contributed by atoms with Crippen molar-refractivity contribution in [1.82, 2.24) is 0 Å². The summed E-state index contributed by atoms with van der Waals surface area (Å²) in [6.45, 7) is 0. The molecule has 4 rings (SSSR count). The van der Waals surface area contributed by atoms with Crippen molar-refractivity contribution in [2.45, 2.75) is 0 Å². The molecule has 3 heteroatoms. The standard InChI is InChI=1S/C16H9NO2/c18-17(19)14-9-7-12-5-4-10-2-1-3-11-6-8-13(14)16(12)15(10)11/h1-9H/i1D,2D,3D,4D,5D,6D,7D,9D. The van der Waals surface area contributed by atoms with E-state index in [2.05, 4.69) is 0 Å². The van der Waals surface area contributed by atoms with Crippen LogP contribution < -0.4 is 0 Å². The maximum atomic E-state index is 11.5. The molecule has 0 fully saturated rings. The number of hydrogen-bond acceptors (Lipinski definition) is 2. The fourth-order valence-corrected chi connectivity index (χ4v) is 2.27. The van der Waals surface area contributed by atoms with Crippen LogP contribution in [0.5, 0.6) is 0 Å². The molecule has 0 saturated carbocycles. The lowest BCUT2D eigenvalue weighted by Crippen LogP contribution is -1.91. The van der Waals surface area contributed by atoms with Gasteiger partial charge in [-0.15, -0.1) is 0 Å². The van der Waals surface area contributed by atoms with Gasteiger partial charge >= 0.3 is 0 Å². The lowest BCUT2D eigenvalue weighted by atomic mass is 9.94. The number of hydrogen-bond donors (Lipinski definition) is 0. The van der Waals surface area contributed by atoms with Gasteiger partial charge in [0, 0.05) is 11.4 Å². The van der Waals surface area contributed by atoms with Gasteiger partial charge in [-0.2, -0.15) is 0 Å². The van der Waals surface area contributed by atoms with Crippen molar-refractivity contribution in [1.29, 1.82) is 0 Å². The summed E-state index contributed by atoms with van der Waals surface area (Å²) in [6, 6.07) is -2.92. The summed E-state index contributed by atoms with van der Waals surface area (Å²) in [5, 5.41) is 11.0. The zero-order valence-electron chi connectivity index (χ0n) is 17.3. The Morgan fingerprint density at radius 2 is 1.53 bits per heavy atom. The van der Waals surface area contributed by atoms with Gasteiger partial charge in [-0.05, 0) is 33.7 Å². The van der Waals surface area contributed by atoms with Gasteiger partial charge in [0.2, 0.25) is 0 Å². The molecule has 0 aromatic heterocycles. The molecule has 4 aromatic carbocycles. The molecular formula is C16H9NO2. The lowest BCUT2D eigenvalue weighted by Gasteiger charge is -2.10. The third kappa shape index (κ3) is 1.27. The zero-order chi connectivity index (χ0) is 19.9. The molecule has 0 amide bonds. The maximum absolute atomic E-state index is 11.5. The van der Waals surface area contributed by atoms with Gasteiger partial charge in [0.25, 0.3) is 5.69 Å². The van der Waals surface area contributed by atoms with E-state index in [9.17, 15) is 10.1 Å². The molecule has 0 heterocycles. The van der Waals surface area contributed by atoms with E-state index in [1.807, 2.05) is 0 Å². The summed E-state index contributed by atoms with van der Waals surface area (Å²) in [7, 11) is 0. The highest BCUT2D eigenvalue weighted by molar-refractivity contribution is 6.24. The SMILES string of the molecule is [2H]c1c([N+](=O)[O-])c2cc([2H])c3c([2H])c([2H])c([2H])c4c([2H])c([2H])c(c1[2H])c2c34. The van der Waals surface area contributed by atoms with Crippen molar-refractivity contribution in [3.63, 3.8) is 0 Å². The van der Waals surface area contributed by atoms with Crippen molar-refractivity contribution < 1.29 is 15.9 Å². The van der Waals surface area contributed by atoms with Gasteiger partial charge < -0.3 is 0 Å². The van der Waals surface area contributed by atoms with Crippen LogP contribution in [-0.2, 0) is 0 Å². The lowest BCUT2D eigenvalue weighted by molar-refractivity contribution is -0.383. The molecule has 0 aliphatic rings. The van der Waals surface area contributed by atoms with Gasteiger partial charge in [-0.25, -0.2) is 0 Å². The predicted molar refractivity (Wildman–Crippen MR) is 76.8 cm³/mol. The molecule has 0 radical (unpaired) electrons. The molecule has 19 heavy (non-hydrogen) atoms. The van der Waals surface area contributed by atoms with E-state index in [0.717, 1.165) is 6.07 Å². The Labute approximate surface area is 119 Å². The molecule has 0 spiro atoms. The van der Waals surface area contributed by atoms with E-state index in [4.69, 9.17) is 11.0 Å². The quantitative estimate of drug-likeness (QED) is 0.285. The van der Waals surface area contributed by atoms with Crippen LogP contribution in [0, 0.1) is 10.1 Å². The maximum Gasteiger partial charge on any atom is 0.277 e. The fraction of sp³-hybridized carbons (Fsp3) is 0. The molecule has 3 nitrogen and oxygen atoms in total. The van der Waals surface area contributed by atoms with E-state index in [-0.39, 0.29) is 38.4 Å². The Balaban J connectivity index is 2.57. The Morgan fingerprint density at radius 1 is 0.895 bits per heavy atom. The van der Waals surface area contributed by atoms with Gasteiger partial charge in [-0.1, -0.05) is 36.3 Å². The van der Waals surface area contributed by atoms with Gasteiger partial charge in [0.15, 0.2) is 0 Å². The van der Waals surface area contributed by atoms with Crippen molar-refractivity contribution in [2.24, 2.45) is 0 Å². The fourth-order valence-electron chi connectivity index (χ4n) is 2.27. The second kappa shape index (κ2) is 3.42. The van der Waals surface area contributed by atoms with Crippen molar-refractivity contribution in [2.75, 3.05) is 0 Å². The highest BCUT2D eigenvalue weighted by atomic mass is 16.6. The Bertz CT molecular complexity index is 1330. The minimum atomic E-state index is -0.837. The van der Waals surface area contributed by atoms with Crippen LogP contribution in [-0.4, -0.2) is 4.92 Å². The number of rotatable bonds is 1. The highest BCUT2D eigenvalue weighted by Gasteiger charge is 2.16. The first-order valence-corrected chi connectivity index (χ1v) is 5.42. The third-order valence-electron chi connectivity index (χ3n) is 3.06. The van der Waals surface area contributed by atoms with Crippen LogP contribution >= 0.6 is 0 Å². The number of nitrogens with zero attached hydrogens (tertiary/aromatic N) is 1.